The summed E-state index contributed by atoms with van der Waals surface area (Å²) in [5, 5.41) is 11.4. The zero-order valence-corrected chi connectivity index (χ0v) is 10.1. The molecule has 0 aromatic heterocycles. The molecule has 0 rings (SSSR count). The summed E-state index contributed by atoms with van der Waals surface area (Å²) in [6.07, 6.45) is 6.35. The highest BCUT2D eigenvalue weighted by molar-refractivity contribution is 6.17. The highest BCUT2D eigenvalue weighted by atomic mass is 35.5. The molecule has 0 saturated heterocycles. The monoisotopic (exact) mass is 235 g/mol. The quantitative estimate of drug-likeness (QED) is 0.450. The van der Waals surface area contributed by atoms with E-state index < -0.39 is 0 Å². The number of aliphatic hydroxyl groups excluding tert-OH is 1. The maximum Gasteiger partial charge on any atom is 0.219 e. The van der Waals surface area contributed by atoms with E-state index in [4.69, 9.17) is 16.7 Å². The summed E-state index contributed by atoms with van der Waals surface area (Å²) in [6.45, 7) is 1.02. The van der Waals surface area contributed by atoms with Crippen LogP contribution in [-0.4, -0.2) is 30.0 Å². The van der Waals surface area contributed by atoms with Gasteiger partial charge in [-0.05, 0) is 25.7 Å². The van der Waals surface area contributed by atoms with Crippen LogP contribution in [0.25, 0.3) is 0 Å². The molecule has 3 nitrogen and oxygen atoms in total. The first-order valence-electron chi connectivity index (χ1n) is 5.74. The molecule has 0 atom stereocenters. The number of carbonyl (C=O) groups is 1. The minimum atomic E-state index is 0.127. The van der Waals surface area contributed by atoms with Crippen molar-refractivity contribution in [2.75, 3.05) is 19.0 Å². The third-order valence-electron chi connectivity index (χ3n) is 2.19. The van der Waals surface area contributed by atoms with Crippen molar-refractivity contribution in [1.29, 1.82) is 0 Å². The molecule has 0 aromatic rings. The second-order valence-electron chi connectivity index (χ2n) is 3.63. The number of halogens is 1. The van der Waals surface area contributed by atoms with E-state index in [1.807, 2.05) is 0 Å². The molecule has 0 radical (unpaired) electrons. The number of unbranched alkanes of at least 4 members (excludes halogenated alkanes) is 4. The molecule has 0 aromatic carbocycles. The van der Waals surface area contributed by atoms with Gasteiger partial charge in [0.25, 0.3) is 0 Å². The largest absolute Gasteiger partial charge is 0.396 e. The Kier molecular flexibility index (Phi) is 11.6. The van der Waals surface area contributed by atoms with Crippen LogP contribution in [0.4, 0.5) is 0 Å². The van der Waals surface area contributed by atoms with E-state index in [1.165, 1.54) is 0 Å². The summed E-state index contributed by atoms with van der Waals surface area (Å²) >= 11 is 5.51. The Morgan fingerprint density at radius 2 is 1.80 bits per heavy atom. The van der Waals surface area contributed by atoms with E-state index in [0.717, 1.165) is 45.1 Å². The van der Waals surface area contributed by atoms with Gasteiger partial charge in [0.05, 0.1) is 0 Å². The van der Waals surface area contributed by atoms with Crippen LogP contribution in [0.1, 0.15) is 44.9 Å². The topological polar surface area (TPSA) is 49.3 Å². The van der Waals surface area contributed by atoms with Crippen molar-refractivity contribution in [3.63, 3.8) is 0 Å². The molecule has 4 heteroatoms. The van der Waals surface area contributed by atoms with Gasteiger partial charge in [-0.1, -0.05) is 12.8 Å². The number of nitrogens with one attached hydrogen (secondary N) is 1. The van der Waals surface area contributed by atoms with Gasteiger partial charge >= 0.3 is 0 Å². The smallest absolute Gasteiger partial charge is 0.219 e. The molecule has 15 heavy (non-hydrogen) atoms. The van der Waals surface area contributed by atoms with Crippen molar-refractivity contribution in [3.8, 4) is 0 Å². The van der Waals surface area contributed by atoms with Crippen LogP contribution >= 0.6 is 11.6 Å². The summed E-state index contributed by atoms with van der Waals surface area (Å²) in [7, 11) is 0. The van der Waals surface area contributed by atoms with Crippen LogP contribution in [0.3, 0.4) is 0 Å². The SMILES string of the molecule is O=C(CCCCCl)NCCCCCCO. The van der Waals surface area contributed by atoms with Crippen LogP contribution in [0.5, 0.6) is 0 Å². The van der Waals surface area contributed by atoms with Gasteiger partial charge < -0.3 is 10.4 Å². The van der Waals surface area contributed by atoms with E-state index in [-0.39, 0.29) is 12.5 Å². The Bertz CT molecular complexity index is 154. The molecule has 0 aliphatic rings. The highest BCUT2D eigenvalue weighted by Gasteiger charge is 1.99. The molecule has 0 saturated carbocycles. The average Bonchev–Trinajstić information content (AvgIpc) is 2.23. The lowest BCUT2D eigenvalue weighted by Gasteiger charge is -2.04. The van der Waals surface area contributed by atoms with Crippen molar-refractivity contribution in [2.24, 2.45) is 0 Å². The van der Waals surface area contributed by atoms with Gasteiger partial charge in [0.2, 0.25) is 5.91 Å². The second-order valence-corrected chi connectivity index (χ2v) is 4.01. The average molecular weight is 236 g/mol. The molecular formula is C11H22ClNO2. The molecule has 1 amide bonds. The first-order valence-corrected chi connectivity index (χ1v) is 6.28. The third kappa shape index (κ3) is 11.6. The van der Waals surface area contributed by atoms with Crippen molar-refractivity contribution in [2.45, 2.75) is 44.9 Å². The fourth-order valence-electron chi connectivity index (χ4n) is 1.29. The van der Waals surface area contributed by atoms with Gasteiger partial charge in [0.1, 0.15) is 0 Å². The molecule has 0 aliphatic carbocycles. The Morgan fingerprint density at radius 3 is 2.47 bits per heavy atom. The Balaban J connectivity index is 3.10. The summed E-state index contributed by atoms with van der Waals surface area (Å²) < 4.78 is 0. The van der Waals surface area contributed by atoms with Gasteiger partial charge in [-0.2, -0.15) is 0 Å². The van der Waals surface area contributed by atoms with Gasteiger partial charge in [-0.15, -0.1) is 11.6 Å². The van der Waals surface area contributed by atoms with Gasteiger partial charge in [-0.25, -0.2) is 0 Å². The zero-order valence-electron chi connectivity index (χ0n) is 9.30. The normalized spacial score (nSPS) is 10.3. The summed E-state index contributed by atoms with van der Waals surface area (Å²) in [5.41, 5.74) is 0. The van der Waals surface area contributed by atoms with Crippen LogP contribution < -0.4 is 5.32 Å². The van der Waals surface area contributed by atoms with Crippen LogP contribution in [0.15, 0.2) is 0 Å². The molecule has 2 N–H and O–H groups in total. The Labute approximate surface area is 97.2 Å². The predicted octanol–water partition coefficient (Wildman–Crippen LogP) is 2.06. The molecule has 0 heterocycles. The number of hydrogen-bond acceptors (Lipinski definition) is 2. The zero-order chi connectivity index (χ0) is 11.4. The first kappa shape index (κ1) is 14.7. The number of carbonyl (C=O) groups excluding carboxylic acids is 1. The number of aliphatic hydroxyl groups is 1. The number of hydrogen-bond donors (Lipinski definition) is 2. The van der Waals surface area contributed by atoms with Crippen LogP contribution in [0, 0.1) is 0 Å². The van der Waals surface area contributed by atoms with Crippen molar-refractivity contribution in [3.05, 3.63) is 0 Å². The lowest BCUT2D eigenvalue weighted by Crippen LogP contribution is -2.23. The minimum Gasteiger partial charge on any atom is -0.396 e. The Morgan fingerprint density at radius 1 is 1.07 bits per heavy atom. The maximum absolute atomic E-state index is 11.2. The highest BCUT2D eigenvalue weighted by Crippen LogP contribution is 1.99. The minimum absolute atomic E-state index is 0.127. The number of rotatable bonds is 10. The van der Waals surface area contributed by atoms with Gasteiger partial charge in [0.15, 0.2) is 0 Å². The van der Waals surface area contributed by atoms with E-state index in [0.29, 0.717) is 12.3 Å². The molecular weight excluding hydrogens is 214 g/mol. The van der Waals surface area contributed by atoms with Gasteiger partial charge in [0, 0.05) is 25.5 Å². The van der Waals surface area contributed by atoms with E-state index in [1.54, 1.807) is 0 Å². The van der Waals surface area contributed by atoms with Gasteiger partial charge in [-0.3, -0.25) is 4.79 Å². The van der Waals surface area contributed by atoms with Crippen molar-refractivity contribution >= 4 is 17.5 Å². The molecule has 0 bridgehead atoms. The standard InChI is InChI=1S/C11H22ClNO2/c12-8-4-3-7-11(15)13-9-5-1-2-6-10-14/h14H,1-10H2,(H,13,15). The lowest BCUT2D eigenvalue weighted by molar-refractivity contribution is -0.121. The molecule has 90 valence electrons. The number of alkyl halides is 1. The van der Waals surface area contributed by atoms with E-state index >= 15 is 0 Å². The van der Waals surface area contributed by atoms with E-state index in [2.05, 4.69) is 5.32 Å². The van der Waals surface area contributed by atoms with Crippen LogP contribution in [0.2, 0.25) is 0 Å². The van der Waals surface area contributed by atoms with Crippen molar-refractivity contribution < 1.29 is 9.90 Å². The summed E-state index contributed by atoms with van der Waals surface area (Å²) in [6, 6.07) is 0. The first-order chi connectivity index (χ1) is 7.31. The molecule has 0 unspecified atom stereocenters. The fourth-order valence-corrected chi connectivity index (χ4v) is 1.48. The Hall–Kier alpha value is -0.280. The fraction of sp³-hybridized carbons (Fsp3) is 0.909. The third-order valence-corrected chi connectivity index (χ3v) is 2.46. The maximum atomic E-state index is 11.2. The molecule has 0 fully saturated rings. The van der Waals surface area contributed by atoms with E-state index in [9.17, 15) is 4.79 Å². The lowest BCUT2D eigenvalue weighted by atomic mass is 10.2. The second kappa shape index (κ2) is 11.8. The number of amides is 1. The van der Waals surface area contributed by atoms with Crippen molar-refractivity contribution in [1.82, 2.24) is 5.32 Å². The summed E-state index contributed by atoms with van der Waals surface area (Å²) in [5.74, 6) is 0.760. The predicted molar refractivity (Wildman–Crippen MR) is 63.1 cm³/mol. The molecule has 0 aliphatic heterocycles. The molecule has 0 spiro atoms. The van der Waals surface area contributed by atoms with Crippen LogP contribution in [-0.2, 0) is 4.79 Å². The summed E-state index contributed by atoms with van der Waals surface area (Å²) in [4.78, 5) is 11.2.